The van der Waals surface area contributed by atoms with Gasteiger partial charge < -0.3 is 0 Å². The molecule has 86 valence electrons. The molecule has 0 radical (unpaired) electrons. The summed E-state index contributed by atoms with van der Waals surface area (Å²) in [5, 5.41) is 10.6. The Labute approximate surface area is 102 Å². The maximum Gasteiger partial charge on any atom is 0.270 e. The quantitative estimate of drug-likeness (QED) is 0.629. The Hall–Kier alpha value is -1.23. The van der Waals surface area contributed by atoms with E-state index in [-0.39, 0.29) is 17.4 Å². The van der Waals surface area contributed by atoms with Crippen LogP contribution in [0.1, 0.15) is 31.7 Å². The van der Waals surface area contributed by atoms with Crippen LogP contribution in [0.15, 0.2) is 22.7 Å². The van der Waals surface area contributed by atoms with E-state index in [0.717, 1.165) is 5.56 Å². The lowest BCUT2D eigenvalue weighted by Crippen LogP contribution is -2.08. The summed E-state index contributed by atoms with van der Waals surface area (Å²) in [7, 11) is 0. The van der Waals surface area contributed by atoms with Gasteiger partial charge in [-0.05, 0) is 18.9 Å². The molecular weight excluding hydrogens is 274 g/mol. The van der Waals surface area contributed by atoms with E-state index in [0.29, 0.717) is 10.9 Å². The molecular formula is C11H12BrNO3. The number of benzene rings is 1. The first kappa shape index (κ1) is 12.8. The van der Waals surface area contributed by atoms with E-state index in [1.165, 1.54) is 19.1 Å². The number of carbonyl (C=O) groups excluding carboxylic acids is 1. The molecule has 1 atom stereocenters. The summed E-state index contributed by atoms with van der Waals surface area (Å²) in [6.45, 7) is 3.45. The van der Waals surface area contributed by atoms with E-state index in [2.05, 4.69) is 15.9 Å². The number of hydrogen-bond acceptors (Lipinski definition) is 3. The molecule has 1 aromatic carbocycles. The standard InChI is InChI=1S/C11H12BrNO3/c1-3-9(7(2)14)10-5-4-8(13(15)16)6-11(10)12/h4-6,9H,3H2,1-2H3. The number of halogens is 1. The van der Waals surface area contributed by atoms with Crippen molar-refractivity contribution in [3.8, 4) is 0 Å². The van der Waals surface area contributed by atoms with Gasteiger partial charge in [-0.25, -0.2) is 0 Å². The Balaban J connectivity index is 3.16. The predicted molar refractivity (Wildman–Crippen MR) is 64.5 cm³/mol. The number of rotatable bonds is 4. The van der Waals surface area contributed by atoms with Crippen molar-refractivity contribution in [2.75, 3.05) is 0 Å². The van der Waals surface area contributed by atoms with Gasteiger partial charge in [-0.2, -0.15) is 0 Å². The van der Waals surface area contributed by atoms with Gasteiger partial charge in [-0.15, -0.1) is 0 Å². The summed E-state index contributed by atoms with van der Waals surface area (Å²) < 4.78 is 0.615. The summed E-state index contributed by atoms with van der Waals surface area (Å²) in [5.41, 5.74) is 0.828. The largest absolute Gasteiger partial charge is 0.299 e. The second kappa shape index (κ2) is 5.21. The van der Waals surface area contributed by atoms with E-state index in [1.807, 2.05) is 6.92 Å². The van der Waals surface area contributed by atoms with Gasteiger partial charge in [0.25, 0.3) is 5.69 Å². The first-order valence-electron chi connectivity index (χ1n) is 4.91. The minimum atomic E-state index is -0.455. The molecule has 0 N–H and O–H groups in total. The maximum atomic E-state index is 11.4. The molecule has 0 heterocycles. The molecule has 0 aromatic heterocycles. The minimum Gasteiger partial charge on any atom is -0.299 e. The Kier molecular flexibility index (Phi) is 4.18. The average molecular weight is 286 g/mol. The van der Waals surface area contributed by atoms with E-state index in [4.69, 9.17) is 0 Å². The molecule has 16 heavy (non-hydrogen) atoms. The van der Waals surface area contributed by atoms with Crippen molar-refractivity contribution in [2.45, 2.75) is 26.2 Å². The fourth-order valence-electron chi connectivity index (χ4n) is 1.64. The molecule has 0 fully saturated rings. The fraction of sp³-hybridized carbons (Fsp3) is 0.364. The first-order valence-corrected chi connectivity index (χ1v) is 5.71. The molecule has 0 spiro atoms. The molecule has 0 aliphatic heterocycles. The van der Waals surface area contributed by atoms with Gasteiger partial charge >= 0.3 is 0 Å². The van der Waals surface area contributed by atoms with Crippen molar-refractivity contribution in [2.24, 2.45) is 0 Å². The molecule has 5 heteroatoms. The van der Waals surface area contributed by atoms with Gasteiger partial charge in [-0.1, -0.05) is 28.9 Å². The first-order chi connectivity index (χ1) is 7.47. The van der Waals surface area contributed by atoms with Crippen molar-refractivity contribution in [3.05, 3.63) is 38.3 Å². The molecule has 1 unspecified atom stereocenters. The lowest BCUT2D eigenvalue weighted by molar-refractivity contribution is -0.384. The minimum absolute atomic E-state index is 0.0223. The molecule has 4 nitrogen and oxygen atoms in total. The normalized spacial score (nSPS) is 12.2. The van der Waals surface area contributed by atoms with Gasteiger partial charge in [0, 0.05) is 22.5 Å². The van der Waals surface area contributed by atoms with Crippen LogP contribution in [-0.2, 0) is 4.79 Å². The SMILES string of the molecule is CCC(C(C)=O)c1ccc([N+](=O)[O-])cc1Br. The van der Waals surface area contributed by atoms with Crippen LogP contribution < -0.4 is 0 Å². The van der Waals surface area contributed by atoms with Crippen molar-refractivity contribution in [1.29, 1.82) is 0 Å². The highest BCUT2D eigenvalue weighted by Crippen LogP contribution is 2.31. The van der Waals surface area contributed by atoms with Crippen LogP contribution in [0.4, 0.5) is 5.69 Å². The molecule has 1 rings (SSSR count). The van der Waals surface area contributed by atoms with Crippen LogP contribution in [0.5, 0.6) is 0 Å². The third kappa shape index (κ3) is 2.66. The maximum absolute atomic E-state index is 11.4. The lowest BCUT2D eigenvalue weighted by atomic mass is 9.93. The number of nitro groups is 1. The molecule has 0 saturated heterocycles. The Bertz CT molecular complexity index is 431. The zero-order chi connectivity index (χ0) is 12.3. The second-order valence-electron chi connectivity index (χ2n) is 3.53. The second-order valence-corrected chi connectivity index (χ2v) is 4.39. The zero-order valence-corrected chi connectivity index (χ0v) is 10.7. The number of non-ortho nitro benzene ring substituents is 1. The van der Waals surface area contributed by atoms with Crippen LogP contribution in [0, 0.1) is 10.1 Å². The number of carbonyl (C=O) groups is 1. The summed E-state index contributed by atoms with van der Waals surface area (Å²) in [6.07, 6.45) is 0.686. The van der Waals surface area contributed by atoms with E-state index in [9.17, 15) is 14.9 Å². The van der Waals surface area contributed by atoms with Crippen molar-refractivity contribution in [1.82, 2.24) is 0 Å². The number of nitro benzene ring substituents is 1. The summed E-state index contributed by atoms with van der Waals surface area (Å²) in [5.74, 6) is -0.132. The number of Topliss-reactive ketones (excluding diaryl/α,β-unsaturated/α-hetero) is 1. The van der Waals surface area contributed by atoms with Crippen molar-refractivity contribution >= 4 is 27.4 Å². The molecule has 0 amide bonds. The molecule has 0 aliphatic carbocycles. The lowest BCUT2D eigenvalue weighted by Gasteiger charge is -2.13. The van der Waals surface area contributed by atoms with Gasteiger partial charge in [0.15, 0.2) is 0 Å². The van der Waals surface area contributed by atoms with Crippen LogP contribution in [0.3, 0.4) is 0 Å². The molecule has 0 aliphatic rings. The van der Waals surface area contributed by atoms with Crippen LogP contribution >= 0.6 is 15.9 Å². The highest BCUT2D eigenvalue weighted by molar-refractivity contribution is 9.10. The summed E-state index contributed by atoms with van der Waals surface area (Å²) >= 11 is 3.27. The number of nitrogens with zero attached hydrogens (tertiary/aromatic N) is 1. The average Bonchev–Trinajstić information content (AvgIpc) is 2.20. The monoisotopic (exact) mass is 285 g/mol. The summed E-state index contributed by atoms with van der Waals surface area (Å²) in [4.78, 5) is 21.5. The smallest absolute Gasteiger partial charge is 0.270 e. The third-order valence-corrected chi connectivity index (χ3v) is 3.16. The van der Waals surface area contributed by atoms with Crippen LogP contribution in [0.25, 0.3) is 0 Å². The third-order valence-electron chi connectivity index (χ3n) is 2.47. The number of hydrogen-bond donors (Lipinski definition) is 0. The topological polar surface area (TPSA) is 60.2 Å². The Morgan fingerprint density at radius 1 is 1.56 bits per heavy atom. The highest BCUT2D eigenvalue weighted by Gasteiger charge is 2.19. The van der Waals surface area contributed by atoms with Gasteiger partial charge in [0.05, 0.1) is 4.92 Å². The van der Waals surface area contributed by atoms with Crippen molar-refractivity contribution in [3.63, 3.8) is 0 Å². The van der Waals surface area contributed by atoms with E-state index >= 15 is 0 Å². The highest BCUT2D eigenvalue weighted by atomic mass is 79.9. The molecule has 0 saturated carbocycles. The molecule has 1 aromatic rings. The Morgan fingerprint density at radius 2 is 2.19 bits per heavy atom. The van der Waals surface area contributed by atoms with Crippen LogP contribution in [0.2, 0.25) is 0 Å². The number of ketones is 1. The Morgan fingerprint density at radius 3 is 2.56 bits per heavy atom. The molecule has 0 bridgehead atoms. The van der Waals surface area contributed by atoms with Gasteiger partial charge in [-0.3, -0.25) is 14.9 Å². The van der Waals surface area contributed by atoms with Crippen molar-refractivity contribution < 1.29 is 9.72 Å². The zero-order valence-electron chi connectivity index (χ0n) is 9.07. The van der Waals surface area contributed by atoms with E-state index < -0.39 is 4.92 Å². The predicted octanol–water partition coefficient (Wildman–Crippen LogP) is 3.44. The van der Waals surface area contributed by atoms with Crippen LogP contribution in [-0.4, -0.2) is 10.7 Å². The van der Waals surface area contributed by atoms with E-state index in [1.54, 1.807) is 6.07 Å². The fourth-order valence-corrected chi connectivity index (χ4v) is 2.28. The summed E-state index contributed by atoms with van der Waals surface area (Å²) in [6, 6.07) is 4.49. The van der Waals surface area contributed by atoms with Gasteiger partial charge in [0.2, 0.25) is 0 Å². The van der Waals surface area contributed by atoms with Gasteiger partial charge in [0.1, 0.15) is 5.78 Å².